The average molecular weight is 190 g/mol. The Morgan fingerprint density at radius 1 is 1.67 bits per heavy atom. The number of sulfone groups is 1. The van der Waals surface area contributed by atoms with Crippen LogP contribution < -0.4 is 5.73 Å². The third-order valence-electron chi connectivity index (χ3n) is 1.30. The van der Waals surface area contributed by atoms with Gasteiger partial charge in [0.2, 0.25) is 9.84 Å². The van der Waals surface area contributed by atoms with Crippen molar-refractivity contribution < 1.29 is 12.9 Å². The zero-order valence-electron chi connectivity index (χ0n) is 6.65. The molecule has 0 aliphatic heterocycles. The Morgan fingerprint density at radius 3 is 2.75 bits per heavy atom. The van der Waals surface area contributed by atoms with E-state index in [1.807, 2.05) is 0 Å². The molecule has 6 heteroatoms. The van der Waals surface area contributed by atoms with Crippen LogP contribution in [0.1, 0.15) is 5.69 Å². The Hall–Kier alpha value is -0.880. The first kappa shape index (κ1) is 9.21. The molecule has 0 unspecified atom stereocenters. The van der Waals surface area contributed by atoms with Gasteiger partial charge in [0.15, 0.2) is 0 Å². The molecule has 0 bridgehead atoms. The number of aromatic nitrogens is 1. The summed E-state index contributed by atoms with van der Waals surface area (Å²) in [7, 11) is -3.27. The van der Waals surface area contributed by atoms with Gasteiger partial charge in [-0.3, -0.25) is 0 Å². The zero-order chi connectivity index (χ0) is 9.19. The second-order valence-corrected chi connectivity index (χ2v) is 4.39. The highest BCUT2D eigenvalue weighted by Crippen LogP contribution is 2.09. The third kappa shape index (κ3) is 2.05. The number of rotatable bonds is 3. The fourth-order valence-electron chi connectivity index (χ4n) is 0.733. The predicted molar refractivity (Wildman–Crippen MR) is 42.4 cm³/mol. The largest absolute Gasteiger partial charge is 0.344 e. The van der Waals surface area contributed by atoms with Crippen LogP contribution in [0.3, 0.4) is 0 Å². The lowest BCUT2D eigenvalue weighted by molar-refractivity contribution is 0.335. The van der Waals surface area contributed by atoms with E-state index in [2.05, 4.69) is 9.68 Å². The van der Waals surface area contributed by atoms with Gasteiger partial charge >= 0.3 is 0 Å². The number of nitrogens with two attached hydrogens (primary N) is 1. The van der Waals surface area contributed by atoms with E-state index in [-0.39, 0.29) is 5.09 Å². The lowest BCUT2D eigenvalue weighted by atomic mass is 10.3. The highest BCUT2D eigenvalue weighted by molar-refractivity contribution is 7.90. The predicted octanol–water partition coefficient (Wildman–Crippen LogP) is -0.421. The summed E-state index contributed by atoms with van der Waals surface area (Å²) in [6.07, 6.45) is 1.60. The zero-order valence-corrected chi connectivity index (χ0v) is 7.47. The highest BCUT2D eigenvalue weighted by atomic mass is 32.2. The van der Waals surface area contributed by atoms with Gasteiger partial charge < -0.3 is 10.3 Å². The molecule has 0 saturated heterocycles. The maximum atomic E-state index is 10.9. The second-order valence-electron chi connectivity index (χ2n) is 2.45. The molecular formula is C6H10N2O3S. The van der Waals surface area contributed by atoms with E-state index in [0.717, 1.165) is 6.26 Å². The van der Waals surface area contributed by atoms with Crippen molar-refractivity contribution >= 4 is 9.84 Å². The topological polar surface area (TPSA) is 86.2 Å². The number of hydrogen-bond acceptors (Lipinski definition) is 5. The number of nitrogens with zero attached hydrogens (tertiary/aromatic N) is 1. The molecule has 1 rings (SSSR count). The van der Waals surface area contributed by atoms with Crippen LogP contribution in [0.5, 0.6) is 0 Å². The van der Waals surface area contributed by atoms with Crippen molar-refractivity contribution in [2.75, 3.05) is 12.8 Å². The molecule has 0 atom stereocenters. The molecule has 5 nitrogen and oxygen atoms in total. The van der Waals surface area contributed by atoms with E-state index in [1.165, 1.54) is 6.07 Å². The molecule has 1 heterocycles. The van der Waals surface area contributed by atoms with Gasteiger partial charge in [0, 0.05) is 18.7 Å². The van der Waals surface area contributed by atoms with Crippen molar-refractivity contribution in [3.8, 4) is 0 Å². The summed E-state index contributed by atoms with van der Waals surface area (Å²) in [6, 6.07) is 1.39. The fraction of sp³-hybridized carbons (Fsp3) is 0.500. The van der Waals surface area contributed by atoms with E-state index in [0.29, 0.717) is 18.7 Å². The molecule has 0 amide bonds. The average Bonchev–Trinajstić information content (AvgIpc) is 2.35. The Kier molecular flexibility index (Phi) is 2.49. The smallest absolute Gasteiger partial charge is 0.250 e. The van der Waals surface area contributed by atoms with E-state index >= 15 is 0 Å². The maximum Gasteiger partial charge on any atom is 0.250 e. The Balaban J connectivity index is 2.92. The first-order valence-electron chi connectivity index (χ1n) is 3.40. The van der Waals surface area contributed by atoms with Crippen molar-refractivity contribution in [2.45, 2.75) is 11.5 Å². The SMILES string of the molecule is CS(=O)(=O)c1cc(CCN)no1. The van der Waals surface area contributed by atoms with Gasteiger partial charge in [0.1, 0.15) is 0 Å². The molecule has 12 heavy (non-hydrogen) atoms. The summed E-state index contributed by atoms with van der Waals surface area (Å²) in [5.41, 5.74) is 5.82. The molecule has 0 radical (unpaired) electrons. The van der Waals surface area contributed by atoms with Crippen molar-refractivity contribution in [3.63, 3.8) is 0 Å². The third-order valence-corrected chi connectivity index (χ3v) is 2.23. The Morgan fingerprint density at radius 2 is 2.33 bits per heavy atom. The first-order chi connectivity index (χ1) is 5.54. The minimum absolute atomic E-state index is 0.106. The van der Waals surface area contributed by atoms with Gasteiger partial charge in [-0.25, -0.2) is 8.42 Å². The molecule has 0 spiro atoms. The molecule has 0 aliphatic carbocycles. The fourth-order valence-corrected chi connectivity index (χ4v) is 1.26. The van der Waals surface area contributed by atoms with Crippen molar-refractivity contribution in [2.24, 2.45) is 5.73 Å². The second kappa shape index (κ2) is 3.24. The molecule has 0 aromatic carbocycles. The summed E-state index contributed by atoms with van der Waals surface area (Å²) >= 11 is 0. The first-order valence-corrected chi connectivity index (χ1v) is 5.29. The molecule has 2 N–H and O–H groups in total. The Bertz CT molecular complexity index is 355. The van der Waals surface area contributed by atoms with E-state index in [9.17, 15) is 8.42 Å². The van der Waals surface area contributed by atoms with Crippen LogP contribution in [0.2, 0.25) is 0 Å². The lowest BCUT2D eigenvalue weighted by Crippen LogP contribution is -2.02. The van der Waals surface area contributed by atoms with Crippen LogP contribution in [-0.2, 0) is 16.3 Å². The van der Waals surface area contributed by atoms with Crippen LogP contribution in [0, 0.1) is 0 Å². The number of hydrogen-bond donors (Lipinski definition) is 1. The minimum atomic E-state index is -3.27. The minimum Gasteiger partial charge on any atom is -0.344 e. The van der Waals surface area contributed by atoms with Gasteiger partial charge in [-0.15, -0.1) is 0 Å². The van der Waals surface area contributed by atoms with Crippen molar-refractivity contribution in [1.29, 1.82) is 0 Å². The van der Waals surface area contributed by atoms with E-state index in [1.54, 1.807) is 0 Å². The van der Waals surface area contributed by atoms with Crippen LogP contribution in [0.4, 0.5) is 0 Å². The summed E-state index contributed by atoms with van der Waals surface area (Å²) in [5, 5.41) is 3.43. The van der Waals surface area contributed by atoms with Crippen LogP contribution in [0.25, 0.3) is 0 Å². The van der Waals surface area contributed by atoms with Gasteiger partial charge in [-0.2, -0.15) is 0 Å². The van der Waals surface area contributed by atoms with Crippen molar-refractivity contribution in [1.82, 2.24) is 5.16 Å². The van der Waals surface area contributed by atoms with Crippen LogP contribution >= 0.6 is 0 Å². The molecule has 1 aromatic rings. The summed E-state index contributed by atoms with van der Waals surface area (Å²) < 4.78 is 26.4. The molecule has 0 saturated carbocycles. The Labute approximate surface area is 70.5 Å². The van der Waals surface area contributed by atoms with E-state index < -0.39 is 9.84 Å². The monoisotopic (exact) mass is 190 g/mol. The molecule has 0 fully saturated rings. The lowest BCUT2D eigenvalue weighted by Gasteiger charge is -1.85. The van der Waals surface area contributed by atoms with Gasteiger partial charge in [-0.1, -0.05) is 5.16 Å². The maximum absolute atomic E-state index is 10.9. The van der Waals surface area contributed by atoms with Gasteiger partial charge in [-0.05, 0) is 6.54 Å². The summed E-state index contributed by atoms with van der Waals surface area (Å²) in [6.45, 7) is 0.426. The molecular weight excluding hydrogens is 180 g/mol. The van der Waals surface area contributed by atoms with Crippen LogP contribution in [0.15, 0.2) is 15.7 Å². The standard InChI is InChI=1S/C6H10N2O3S/c1-12(9,10)6-4-5(2-3-7)8-11-6/h4H,2-3,7H2,1H3. The normalized spacial score (nSPS) is 11.8. The van der Waals surface area contributed by atoms with Crippen LogP contribution in [-0.4, -0.2) is 26.4 Å². The molecule has 0 aliphatic rings. The van der Waals surface area contributed by atoms with Crippen molar-refractivity contribution in [3.05, 3.63) is 11.8 Å². The van der Waals surface area contributed by atoms with Gasteiger partial charge in [0.05, 0.1) is 5.69 Å². The molecule has 1 aromatic heterocycles. The van der Waals surface area contributed by atoms with E-state index in [4.69, 9.17) is 5.73 Å². The molecule has 68 valence electrons. The van der Waals surface area contributed by atoms with Gasteiger partial charge in [0.25, 0.3) is 5.09 Å². The summed E-state index contributed by atoms with van der Waals surface area (Å²) in [4.78, 5) is 0. The quantitative estimate of drug-likeness (QED) is 0.699. The highest BCUT2D eigenvalue weighted by Gasteiger charge is 2.13. The summed E-state index contributed by atoms with van der Waals surface area (Å²) in [5.74, 6) is 0.